The van der Waals surface area contributed by atoms with Gasteiger partial charge in [0.1, 0.15) is 29.4 Å². The number of ether oxygens (including phenoxy) is 3. The highest BCUT2D eigenvalue weighted by molar-refractivity contribution is 7.13. The van der Waals surface area contributed by atoms with Crippen LogP contribution in [0.25, 0.3) is 21.6 Å². The average Bonchev–Trinajstić information content (AvgIpc) is 3.59. The number of carbonyl (C=O) groups excluding carboxylic acids is 4. The summed E-state index contributed by atoms with van der Waals surface area (Å²) in [4.78, 5) is 67.7. The summed E-state index contributed by atoms with van der Waals surface area (Å²) in [6, 6.07) is 12.8. The molecule has 1 aliphatic carbocycles. The van der Waals surface area contributed by atoms with Crippen LogP contribution < -0.4 is 24.8 Å². The quantitative estimate of drug-likeness (QED) is 0.244. The van der Waals surface area contributed by atoms with E-state index in [0.717, 1.165) is 29.7 Å². The normalized spacial score (nSPS) is 26.1. The molecule has 3 amide bonds. The topological polar surface area (TPSA) is 149 Å². The molecule has 4 aromatic rings. The third kappa shape index (κ3) is 6.85. The summed E-state index contributed by atoms with van der Waals surface area (Å²) in [6.07, 6.45) is 7.83. The molecule has 0 spiro atoms. The number of aryl methyl sites for hydroxylation is 1. The van der Waals surface area contributed by atoms with E-state index in [1.165, 1.54) is 23.2 Å². The lowest BCUT2D eigenvalue weighted by Crippen LogP contribution is -2.56. The van der Waals surface area contributed by atoms with Crippen molar-refractivity contribution in [3.63, 3.8) is 0 Å². The number of benzene rings is 2. The number of fused-ring (bicyclic) bond motifs is 4. The van der Waals surface area contributed by atoms with Gasteiger partial charge in [-0.3, -0.25) is 19.2 Å². The van der Waals surface area contributed by atoms with Crippen molar-refractivity contribution in [2.45, 2.75) is 82.5 Å². The van der Waals surface area contributed by atoms with Gasteiger partial charge >= 0.3 is 0 Å². The largest absolute Gasteiger partial charge is 0.471 e. The van der Waals surface area contributed by atoms with Gasteiger partial charge in [0.2, 0.25) is 24.5 Å². The molecule has 1 saturated heterocycles. The zero-order valence-corrected chi connectivity index (χ0v) is 30.4. The van der Waals surface area contributed by atoms with E-state index in [-0.39, 0.29) is 49.2 Å². The number of hydrogen-bond donors (Lipinski definition) is 2. The molecule has 1 saturated carbocycles. The van der Waals surface area contributed by atoms with E-state index < -0.39 is 29.6 Å². The van der Waals surface area contributed by atoms with Gasteiger partial charge in [-0.25, -0.2) is 9.97 Å². The first-order valence-electron chi connectivity index (χ1n) is 18.2. The number of allylic oxidation sites excluding steroid dienone is 1. The SMILES string of the molecule is CC(=O)[C@@]12C[C@@H]1/C=C\CCCCC[C@H](NC(=O)c1ccccc1C)C(=O)N1CC(Oc3nc4cc5c(cc4nc3-c3cccs3)OCO5)C[C@H]1C(=O)N2. The van der Waals surface area contributed by atoms with Crippen molar-refractivity contribution in [2.75, 3.05) is 13.3 Å². The number of rotatable bonds is 6. The minimum Gasteiger partial charge on any atom is -0.471 e. The summed E-state index contributed by atoms with van der Waals surface area (Å²) < 4.78 is 17.8. The molecule has 53 heavy (non-hydrogen) atoms. The molecule has 2 aromatic carbocycles. The van der Waals surface area contributed by atoms with Crippen LogP contribution in [0, 0.1) is 12.8 Å². The van der Waals surface area contributed by atoms with Crippen LogP contribution >= 0.6 is 11.3 Å². The number of Topliss-reactive ketones (excluding diaryl/α,β-unsaturated/α-hetero) is 1. The second-order valence-corrected chi connectivity index (χ2v) is 15.2. The Morgan fingerprint density at radius 2 is 1.83 bits per heavy atom. The van der Waals surface area contributed by atoms with E-state index in [4.69, 9.17) is 24.2 Å². The zero-order chi connectivity index (χ0) is 36.7. The minimum atomic E-state index is -1.01. The Morgan fingerprint density at radius 3 is 2.58 bits per heavy atom. The number of carbonyl (C=O) groups is 4. The van der Waals surface area contributed by atoms with Crippen LogP contribution in [0.5, 0.6) is 17.4 Å². The fourth-order valence-corrected chi connectivity index (χ4v) is 8.35. The highest BCUT2D eigenvalue weighted by atomic mass is 32.1. The molecule has 5 atom stereocenters. The first kappa shape index (κ1) is 34.8. The van der Waals surface area contributed by atoms with Crippen LogP contribution in [0.3, 0.4) is 0 Å². The van der Waals surface area contributed by atoms with Gasteiger partial charge in [0.15, 0.2) is 17.3 Å². The Bertz CT molecular complexity index is 2120. The van der Waals surface area contributed by atoms with E-state index in [1.807, 2.05) is 42.6 Å². The van der Waals surface area contributed by atoms with Crippen LogP contribution in [0.2, 0.25) is 0 Å². The molecule has 2 fully saturated rings. The number of ketones is 1. The molecule has 4 aliphatic rings. The summed E-state index contributed by atoms with van der Waals surface area (Å²) in [5.41, 5.74) is 1.94. The van der Waals surface area contributed by atoms with Crippen LogP contribution in [0.15, 0.2) is 66.1 Å². The fourth-order valence-electron chi connectivity index (χ4n) is 7.65. The van der Waals surface area contributed by atoms with E-state index >= 15 is 0 Å². The first-order chi connectivity index (χ1) is 25.7. The van der Waals surface area contributed by atoms with Crippen molar-refractivity contribution in [2.24, 2.45) is 5.92 Å². The van der Waals surface area contributed by atoms with Crippen molar-refractivity contribution >= 4 is 45.9 Å². The summed E-state index contributed by atoms with van der Waals surface area (Å²) in [6.45, 7) is 3.53. The molecule has 1 unspecified atom stereocenters. The smallest absolute Gasteiger partial charge is 0.252 e. The number of thiophene rings is 1. The number of nitrogens with one attached hydrogen (secondary N) is 2. The molecule has 2 aromatic heterocycles. The Morgan fingerprint density at radius 1 is 1.04 bits per heavy atom. The van der Waals surface area contributed by atoms with Gasteiger partial charge in [-0.15, -0.1) is 11.3 Å². The van der Waals surface area contributed by atoms with Crippen molar-refractivity contribution < 1.29 is 33.4 Å². The Balaban J connectivity index is 1.13. The highest BCUT2D eigenvalue weighted by Gasteiger charge is 2.59. The molecule has 13 heteroatoms. The Hall–Kier alpha value is -5.30. The maximum Gasteiger partial charge on any atom is 0.252 e. The van der Waals surface area contributed by atoms with Crippen molar-refractivity contribution in [1.82, 2.24) is 25.5 Å². The lowest BCUT2D eigenvalue weighted by Gasteiger charge is -2.29. The first-order valence-corrected chi connectivity index (χ1v) is 19.1. The average molecular weight is 736 g/mol. The molecule has 8 rings (SSSR count). The van der Waals surface area contributed by atoms with Crippen molar-refractivity contribution in [3.8, 4) is 28.0 Å². The van der Waals surface area contributed by atoms with Crippen molar-refractivity contribution in [3.05, 3.63) is 77.2 Å². The highest BCUT2D eigenvalue weighted by Crippen LogP contribution is 2.46. The lowest BCUT2D eigenvalue weighted by atomic mass is 10.0. The maximum atomic E-state index is 14.6. The molecular formula is C40H41N5O7S. The van der Waals surface area contributed by atoms with Gasteiger partial charge in [0, 0.05) is 30.0 Å². The predicted molar refractivity (Wildman–Crippen MR) is 198 cm³/mol. The molecule has 12 nitrogen and oxygen atoms in total. The summed E-state index contributed by atoms with van der Waals surface area (Å²) in [5.74, 6) is 0.0345. The third-order valence-corrected chi connectivity index (χ3v) is 11.6. The summed E-state index contributed by atoms with van der Waals surface area (Å²) in [5, 5.41) is 8.00. The third-order valence-electron chi connectivity index (χ3n) is 10.7. The van der Waals surface area contributed by atoms with E-state index in [1.54, 1.807) is 24.3 Å². The van der Waals surface area contributed by atoms with Crippen LogP contribution in [-0.2, 0) is 14.4 Å². The van der Waals surface area contributed by atoms with Gasteiger partial charge in [-0.2, -0.15) is 0 Å². The molecule has 0 bridgehead atoms. The number of amides is 3. The number of nitrogens with zero attached hydrogens (tertiary/aromatic N) is 3. The second-order valence-electron chi connectivity index (χ2n) is 14.3. The van der Waals surface area contributed by atoms with Crippen molar-refractivity contribution in [1.29, 1.82) is 0 Å². The molecular weight excluding hydrogens is 695 g/mol. The number of aromatic nitrogens is 2. The second kappa shape index (κ2) is 14.3. The standard InChI is InChI=1S/C40H41N5O7S/c1-23-11-8-9-13-27(23)36(47)42-28-14-7-5-3-4-6-12-25-20-40(25,24(2)46)44-37(48)31-17-26(21-45(31)39(28)49)52-38-35(34-15-10-16-53-34)41-29-18-32-33(51-22-50-32)19-30(29)43-38/h6,8-13,15-16,18-19,25-26,28,31H,3-5,7,14,17,20-22H2,1-2H3,(H,42,47)(H,44,48)/b12-6-/t25-,26?,28-,31-,40-/m0/s1. The maximum absolute atomic E-state index is 14.6. The zero-order valence-electron chi connectivity index (χ0n) is 29.6. The van der Waals surface area contributed by atoms with Gasteiger partial charge in [0.05, 0.1) is 22.5 Å². The van der Waals surface area contributed by atoms with Crippen LogP contribution in [0.4, 0.5) is 0 Å². The summed E-state index contributed by atoms with van der Waals surface area (Å²) >= 11 is 1.49. The predicted octanol–water partition coefficient (Wildman–Crippen LogP) is 5.53. The molecule has 0 radical (unpaired) electrons. The molecule has 3 aliphatic heterocycles. The fraction of sp³-hybridized carbons (Fsp3) is 0.400. The van der Waals surface area contributed by atoms with Gasteiger partial charge < -0.3 is 29.7 Å². The van der Waals surface area contributed by atoms with E-state index in [2.05, 4.69) is 16.7 Å². The lowest BCUT2D eigenvalue weighted by molar-refractivity contribution is -0.141. The van der Waals surface area contributed by atoms with E-state index in [9.17, 15) is 19.2 Å². The van der Waals surface area contributed by atoms with Gasteiger partial charge in [0.25, 0.3) is 5.91 Å². The molecule has 5 heterocycles. The van der Waals surface area contributed by atoms with Gasteiger partial charge in [-0.1, -0.05) is 49.3 Å². The number of hydrogen-bond acceptors (Lipinski definition) is 10. The van der Waals surface area contributed by atoms with Crippen LogP contribution in [0.1, 0.15) is 67.8 Å². The monoisotopic (exact) mass is 735 g/mol. The molecule has 2 N–H and O–H groups in total. The van der Waals surface area contributed by atoms with Gasteiger partial charge in [-0.05, 0) is 62.6 Å². The Labute approximate surface area is 310 Å². The van der Waals surface area contributed by atoms with Crippen LogP contribution in [-0.4, -0.2) is 75.4 Å². The Kier molecular flexibility index (Phi) is 9.35. The van der Waals surface area contributed by atoms with E-state index in [0.29, 0.717) is 53.1 Å². The summed E-state index contributed by atoms with van der Waals surface area (Å²) in [7, 11) is 0. The molecule has 274 valence electrons. The minimum absolute atomic E-state index is 0.0643.